The normalized spacial score (nSPS) is 21.3. The third-order valence-electron chi connectivity index (χ3n) is 5.82. The Morgan fingerprint density at radius 1 is 1.17 bits per heavy atom. The number of nitrogens with zero attached hydrogens (tertiary/aromatic N) is 2. The third kappa shape index (κ3) is 6.12. The molecule has 0 saturated carbocycles. The van der Waals surface area contributed by atoms with Gasteiger partial charge in [0.25, 0.3) is 5.91 Å². The molecule has 0 radical (unpaired) electrons. The molecule has 0 bridgehead atoms. The zero-order valence-electron chi connectivity index (χ0n) is 20.9. The monoisotopic (exact) mass is 560 g/mol. The van der Waals surface area contributed by atoms with Crippen molar-refractivity contribution in [3.05, 3.63) is 40.1 Å². The maximum atomic E-state index is 13.0. The molecule has 2 heterocycles. The number of carbonyl (C=O) groups is 2. The molecule has 10 heteroatoms. The van der Waals surface area contributed by atoms with Gasteiger partial charge in [0.15, 0.2) is 6.04 Å². The molecule has 0 aliphatic carbocycles. The van der Waals surface area contributed by atoms with Crippen LogP contribution in [0.4, 0.5) is 0 Å². The molecular formula is C25H31Cl3N2O4S. The number of rotatable bonds is 4. The number of hydrogen-bond acceptors (Lipinski definition) is 6. The number of aromatic hydroxyl groups is 1. The molecule has 0 aromatic heterocycles. The molecule has 0 spiro atoms. The molecule has 35 heavy (non-hydrogen) atoms. The number of carbonyl (C=O) groups excluding carboxylic acids is 2. The van der Waals surface area contributed by atoms with Gasteiger partial charge in [-0.25, -0.2) is 4.79 Å². The summed E-state index contributed by atoms with van der Waals surface area (Å²) in [5, 5.41) is 10.6. The van der Waals surface area contributed by atoms with Crippen molar-refractivity contribution in [2.24, 2.45) is 4.99 Å². The van der Waals surface area contributed by atoms with Crippen LogP contribution in [0.3, 0.4) is 0 Å². The van der Waals surface area contributed by atoms with Gasteiger partial charge in [-0.2, -0.15) is 0 Å². The molecule has 1 aromatic rings. The number of amides is 1. The Bertz CT molecular complexity index is 1060. The van der Waals surface area contributed by atoms with Gasteiger partial charge < -0.3 is 9.84 Å². The van der Waals surface area contributed by atoms with Gasteiger partial charge in [-0.3, -0.25) is 14.7 Å². The minimum absolute atomic E-state index is 0.189. The number of hydrogen-bond donors (Lipinski definition) is 1. The minimum atomic E-state index is -1.74. The quantitative estimate of drug-likeness (QED) is 0.215. The van der Waals surface area contributed by atoms with E-state index < -0.39 is 22.4 Å². The van der Waals surface area contributed by atoms with Crippen LogP contribution in [0.5, 0.6) is 5.75 Å². The Labute approximate surface area is 226 Å². The van der Waals surface area contributed by atoms with Gasteiger partial charge in [0.2, 0.25) is 3.79 Å². The molecule has 2 atom stereocenters. The molecule has 1 aromatic carbocycles. The van der Waals surface area contributed by atoms with Gasteiger partial charge in [-0.1, -0.05) is 76.3 Å². The number of phenolic OH excluding ortho intramolecular Hbond substituents is 1. The molecule has 1 amide bonds. The van der Waals surface area contributed by atoms with Crippen LogP contribution in [0.2, 0.25) is 0 Å². The second kappa shape index (κ2) is 9.81. The number of phenols is 1. The molecule has 1 saturated heterocycles. The summed E-state index contributed by atoms with van der Waals surface area (Å²) in [6.07, 6.45) is 1.68. The minimum Gasteiger partial charge on any atom is -0.507 e. The van der Waals surface area contributed by atoms with Crippen LogP contribution in [0, 0.1) is 0 Å². The van der Waals surface area contributed by atoms with Crippen molar-refractivity contribution in [3.8, 4) is 5.75 Å². The van der Waals surface area contributed by atoms with E-state index >= 15 is 0 Å². The first-order valence-electron chi connectivity index (χ1n) is 11.2. The molecule has 1 unspecified atom stereocenters. The third-order valence-corrected chi connectivity index (χ3v) is 7.56. The summed E-state index contributed by atoms with van der Waals surface area (Å²) in [6.45, 7) is 13.6. The van der Waals surface area contributed by atoms with Crippen molar-refractivity contribution in [1.29, 1.82) is 0 Å². The zero-order valence-corrected chi connectivity index (χ0v) is 24.0. The van der Waals surface area contributed by atoms with E-state index in [4.69, 9.17) is 39.5 Å². The first kappa shape index (κ1) is 28.2. The Morgan fingerprint density at radius 3 is 2.20 bits per heavy atom. The van der Waals surface area contributed by atoms with Crippen LogP contribution in [0.25, 0.3) is 0 Å². The highest BCUT2D eigenvalue weighted by molar-refractivity contribution is 8.00. The van der Waals surface area contributed by atoms with Crippen LogP contribution < -0.4 is 0 Å². The van der Waals surface area contributed by atoms with Crippen molar-refractivity contribution in [2.45, 2.75) is 74.5 Å². The van der Waals surface area contributed by atoms with Crippen LogP contribution in [-0.2, 0) is 25.2 Å². The van der Waals surface area contributed by atoms with Crippen molar-refractivity contribution >= 4 is 64.7 Å². The van der Waals surface area contributed by atoms with Crippen molar-refractivity contribution in [1.82, 2.24) is 4.90 Å². The predicted octanol–water partition coefficient (Wildman–Crippen LogP) is 5.88. The van der Waals surface area contributed by atoms with Crippen molar-refractivity contribution < 1.29 is 19.4 Å². The number of benzene rings is 1. The van der Waals surface area contributed by atoms with E-state index in [9.17, 15) is 14.7 Å². The number of halogens is 3. The summed E-state index contributed by atoms with van der Waals surface area (Å²) in [4.78, 5) is 31.7. The number of ether oxygens (including phenoxy) is 1. The molecule has 6 nitrogen and oxygen atoms in total. The van der Waals surface area contributed by atoms with Gasteiger partial charge in [0.05, 0.1) is 0 Å². The summed E-state index contributed by atoms with van der Waals surface area (Å²) < 4.78 is 3.39. The highest BCUT2D eigenvalue weighted by Gasteiger charge is 2.53. The summed E-state index contributed by atoms with van der Waals surface area (Å²) >= 11 is 18.6. The number of β-lactam (4-membered cyclic amide) rings is 1. The molecule has 3 rings (SSSR count). The zero-order chi connectivity index (χ0) is 26.5. The largest absolute Gasteiger partial charge is 0.507 e. The van der Waals surface area contributed by atoms with Crippen LogP contribution in [0.15, 0.2) is 28.4 Å². The van der Waals surface area contributed by atoms with Gasteiger partial charge in [0, 0.05) is 23.1 Å². The fourth-order valence-corrected chi connectivity index (χ4v) is 5.45. The Hall–Kier alpha value is -1.41. The van der Waals surface area contributed by atoms with Crippen LogP contribution >= 0.6 is 46.6 Å². The average Bonchev–Trinajstić information content (AvgIpc) is 2.70. The fraction of sp³-hybridized carbons (Fsp3) is 0.560. The molecule has 192 valence electrons. The van der Waals surface area contributed by atoms with Gasteiger partial charge in [0.1, 0.15) is 23.4 Å². The summed E-state index contributed by atoms with van der Waals surface area (Å²) in [6, 6.07) is 3.19. The van der Waals surface area contributed by atoms with E-state index in [2.05, 4.69) is 4.99 Å². The number of fused-ring (bicyclic) bond motifs is 1. The van der Waals surface area contributed by atoms with Crippen molar-refractivity contribution in [3.63, 3.8) is 0 Å². The molecule has 1 N–H and O–H groups in total. The van der Waals surface area contributed by atoms with Crippen LogP contribution in [0.1, 0.15) is 65.2 Å². The summed E-state index contributed by atoms with van der Waals surface area (Å²) in [5.41, 5.74) is 2.79. The van der Waals surface area contributed by atoms with Crippen molar-refractivity contribution in [2.75, 3.05) is 12.4 Å². The van der Waals surface area contributed by atoms with Crippen LogP contribution in [-0.4, -0.2) is 55.7 Å². The average molecular weight is 562 g/mol. The van der Waals surface area contributed by atoms with E-state index in [1.54, 1.807) is 13.1 Å². The topological polar surface area (TPSA) is 79.2 Å². The highest BCUT2D eigenvalue weighted by Crippen LogP contribution is 2.43. The number of alkyl halides is 3. The number of thioether (sulfide) groups is 1. The van der Waals surface area contributed by atoms with Gasteiger partial charge in [-0.15, -0.1) is 11.8 Å². The second-order valence-corrected chi connectivity index (χ2v) is 14.5. The molecule has 1 fully saturated rings. The molecular weight excluding hydrogens is 531 g/mol. The lowest BCUT2D eigenvalue weighted by Crippen LogP contribution is -2.64. The molecule has 2 aliphatic heterocycles. The number of aliphatic imine (C=N–C) groups is 1. The van der Waals surface area contributed by atoms with E-state index in [-0.39, 0.29) is 33.6 Å². The first-order chi connectivity index (χ1) is 15.9. The van der Waals surface area contributed by atoms with E-state index in [0.717, 1.165) is 22.3 Å². The SMILES string of the molecule is CC1=C(C(=O)OCC(Cl)(Cl)Cl)N2C(=O)C(N=Cc3cc(C(C)(C)C)c(O)c(C(C)(C)C)c3)[C@@H]2SC1. The summed E-state index contributed by atoms with van der Waals surface area (Å²) in [5.74, 6) is -0.141. The van der Waals surface area contributed by atoms with Gasteiger partial charge >= 0.3 is 5.97 Å². The first-order valence-corrected chi connectivity index (χ1v) is 13.4. The maximum absolute atomic E-state index is 13.0. The number of esters is 1. The highest BCUT2D eigenvalue weighted by atomic mass is 35.6. The lowest BCUT2D eigenvalue weighted by Gasteiger charge is -2.47. The second-order valence-electron chi connectivity index (χ2n) is 10.9. The van der Waals surface area contributed by atoms with E-state index in [1.807, 2.05) is 53.7 Å². The van der Waals surface area contributed by atoms with E-state index in [1.165, 1.54) is 16.7 Å². The lowest BCUT2D eigenvalue weighted by atomic mass is 9.78. The Kier molecular flexibility index (Phi) is 7.89. The molecule has 2 aliphatic rings. The Morgan fingerprint density at radius 2 is 1.71 bits per heavy atom. The standard InChI is InChI=1S/C25H31Cl3N2O4S/c1-13-11-35-21-17(20(32)30(21)18(13)22(33)34-12-25(26,27)28)29-10-14-8-15(23(2,3)4)19(31)16(9-14)24(5,6)7/h8-10,17,21,31H,11-12H2,1-7H3/t17?,21-/m0/s1. The lowest BCUT2D eigenvalue weighted by molar-refractivity contribution is -0.150. The smallest absolute Gasteiger partial charge is 0.355 e. The van der Waals surface area contributed by atoms with Gasteiger partial charge in [-0.05, 0) is 41.0 Å². The fourth-order valence-electron chi connectivity index (χ4n) is 4.00. The maximum Gasteiger partial charge on any atom is 0.355 e. The summed E-state index contributed by atoms with van der Waals surface area (Å²) in [7, 11) is 0. The predicted molar refractivity (Wildman–Crippen MR) is 144 cm³/mol. The van der Waals surface area contributed by atoms with E-state index in [0.29, 0.717) is 5.75 Å². The Balaban J connectivity index is 1.86.